The normalized spacial score (nSPS) is 10.2. The Balaban J connectivity index is 2.51. The average Bonchev–Trinajstić information content (AvgIpc) is 2.70. The van der Waals surface area contributed by atoms with E-state index in [1.165, 1.54) is 11.9 Å². The number of nitrogens with zero attached hydrogens (tertiary/aromatic N) is 2. The smallest absolute Gasteiger partial charge is 0.257 e. The minimum atomic E-state index is 0.595. The van der Waals surface area contributed by atoms with Gasteiger partial charge in [-0.1, -0.05) is 30.3 Å². The second-order valence-corrected chi connectivity index (χ2v) is 2.76. The fourth-order valence-corrected chi connectivity index (χ4v) is 1.33. The Morgan fingerprint density at radius 2 is 2.15 bits per heavy atom. The van der Waals surface area contributed by atoms with Gasteiger partial charge in [0.05, 0.1) is 0 Å². The van der Waals surface area contributed by atoms with Crippen molar-refractivity contribution in [3.8, 4) is 11.5 Å². The highest BCUT2D eigenvalue weighted by Crippen LogP contribution is 2.20. The van der Waals surface area contributed by atoms with Crippen LogP contribution in [0.5, 0.6) is 0 Å². The van der Waals surface area contributed by atoms with Gasteiger partial charge in [-0.15, -0.1) is 0 Å². The molecule has 0 amide bonds. The van der Waals surface area contributed by atoms with E-state index in [1.54, 1.807) is 0 Å². The molecule has 3 nitrogen and oxygen atoms in total. The van der Waals surface area contributed by atoms with Crippen LogP contribution in [0, 0.1) is 0 Å². The quantitative estimate of drug-likeness (QED) is 0.701. The molecule has 0 N–H and O–H groups in total. The molecule has 0 radical (unpaired) electrons. The first-order valence-corrected chi connectivity index (χ1v) is 4.26. The van der Waals surface area contributed by atoms with E-state index in [2.05, 4.69) is 23.1 Å². The summed E-state index contributed by atoms with van der Waals surface area (Å²) in [5.74, 6) is 0.595. The van der Waals surface area contributed by atoms with Crippen molar-refractivity contribution in [2.45, 2.75) is 13.3 Å². The molecule has 0 unspecified atom stereocenters. The number of aryl methyl sites for hydroxylation is 1. The van der Waals surface area contributed by atoms with Gasteiger partial charge in [0, 0.05) is 5.56 Å². The van der Waals surface area contributed by atoms with Gasteiger partial charge in [0.1, 0.15) is 0 Å². The van der Waals surface area contributed by atoms with E-state index in [0.29, 0.717) is 5.89 Å². The molecule has 0 atom stereocenters. The molecule has 13 heavy (non-hydrogen) atoms. The zero-order valence-corrected chi connectivity index (χ0v) is 7.40. The molecule has 0 bridgehead atoms. The molecular formula is C10H10N2O. The van der Waals surface area contributed by atoms with E-state index >= 15 is 0 Å². The highest BCUT2D eigenvalue weighted by molar-refractivity contribution is 5.57. The van der Waals surface area contributed by atoms with E-state index in [-0.39, 0.29) is 0 Å². The monoisotopic (exact) mass is 174 g/mol. The van der Waals surface area contributed by atoms with Crippen LogP contribution >= 0.6 is 0 Å². The molecule has 2 aromatic rings. The molecule has 1 aromatic heterocycles. The number of aromatic nitrogens is 2. The third-order valence-corrected chi connectivity index (χ3v) is 1.99. The van der Waals surface area contributed by atoms with Crippen molar-refractivity contribution >= 4 is 0 Å². The largest absolute Gasteiger partial charge is 0.334 e. The maximum atomic E-state index is 5.00. The lowest BCUT2D eigenvalue weighted by molar-refractivity contribution is 0.429. The Kier molecular flexibility index (Phi) is 2.08. The standard InChI is InChI=1S/C10H10N2O/c1-2-8-5-3-4-6-9(8)10-11-7-12-13-10/h3-7H,2H2,1H3. The zero-order chi connectivity index (χ0) is 9.10. The molecule has 3 heteroatoms. The van der Waals surface area contributed by atoms with Crippen LogP contribution in [-0.4, -0.2) is 10.1 Å². The number of rotatable bonds is 2. The topological polar surface area (TPSA) is 38.9 Å². The van der Waals surface area contributed by atoms with Gasteiger partial charge in [-0.05, 0) is 18.1 Å². The molecule has 1 aromatic carbocycles. The minimum Gasteiger partial charge on any atom is -0.334 e. The van der Waals surface area contributed by atoms with E-state index in [9.17, 15) is 0 Å². The van der Waals surface area contributed by atoms with Gasteiger partial charge >= 0.3 is 0 Å². The summed E-state index contributed by atoms with van der Waals surface area (Å²) in [6.45, 7) is 2.11. The summed E-state index contributed by atoms with van der Waals surface area (Å²) in [6.07, 6.45) is 2.39. The van der Waals surface area contributed by atoms with E-state index in [0.717, 1.165) is 12.0 Å². The van der Waals surface area contributed by atoms with Gasteiger partial charge in [0.25, 0.3) is 5.89 Å². The lowest BCUT2D eigenvalue weighted by Gasteiger charge is -2.01. The molecule has 0 aliphatic carbocycles. The summed E-state index contributed by atoms with van der Waals surface area (Å²) >= 11 is 0. The fraction of sp³-hybridized carbons (Fsp3) is 0.200. The van der Waals surface area contributed by atoms with E-state index in [4.69, 9.17) is 4.52 Å². The van der Waals surface area contributed by atoms with Crippen LogP contribution in [0.15, 0.2) is 35.1 Å². The van der Waals surface area contributed by atoms with E-state index in [1.807, 2.05) is 18.2 Å². The average molecular weight is 174 g/mol. The predicted octanol–water partition coefficient (Wildman–Crippen LogP) is 2.30. The maximum Gasteiger partial charge on any atom is 0.257 e. The van der Waals surface area contributed by atoms with Crippen molar-refractivity contribution in [3.63, 3.8) is 0 Å². The van der Waals surface area contributed by atoms with Crippen molar-refractivity contribution in [3.05, 3.63) is 36.2 Å². The number of benzene rings is 1. The van der Waals surface area contributed by atoms with Crippen LogP contribution in [0.3, 0.4) is 0 Å². The third-order valence-electron chi connectivity index (χ3n) is 1.99. The van der Waals surface area contributed by atoms with Crippen LogP contribution in [0.2, 0.25) is 0 Å². The predicted molar refractivity (Wildman–Crippen MR) is 49.1 cm³/mol. The lowest BCUT2D eigenvalue weighted by Crippen LogP contribution is -1.86. The molecule has 1 heterocycles. The summed E-state index contributed by atoms with van der Waals surface area (Å²) < 4.78 is 5.00. The first-order chi connectivity index (χ1) is 6.42. The van der Waals surface area contributed by atoms with Crippen LogP contribution in [-0.2, 0) is 6.42 Å². The number of hydrogen-bond donors (Lipinski definition) is 0. The van der Waals surface area contributed by atoms with Crippen LogP contribution in [0.1, 0.15) is 12.5 Å². The molecule has 0 saturated carbocycles. The molecule has 0 saturated heterocycles. The summed E-state index contributed by atoms with van der Waals surface area (Å²) in [5, 5.41) is 3.59. The summed E-state index contributed by atoms with van der Waals surface area (Å²) in [5.41, 5.74) is 2.26. The molecular weight excluding hydrogens is 164 g/mol. The van der Waals surface area contributed by atoms with Crippen molar-refractivity contribution in [1.29, 1.82) is 0 Å². The van der Waals surface area contributed by atoms with Crippen LogP contribution < -0.4 is 0 Å². The van der Waals surface area contributed by atoms with Crippen molar-refractivity contribution in [2.75, 3.05) is 0 Å². The molecule has 66 valence electrons. The van der Waals surface area contributed by atoms with Crippen molar-refractivity contribution in [1.82, 2.24) is 10.1 Å². The van der Waals surface area contributed by atoms with Gasteiger partial charge in [-0.2, -0.15) is 4.98 Å². The minimum absolute atomic E-state index is 0.595. The molecule has 0 spiro atoms. The van der Waals surface area contributed by atoms with Gasteiger partial charge < -0.3 is 4.52 Å². The van der Waals surface area contributed by atoms with Crippen LogP contribution in [0.25, 0.3) is 11.5 Å². The Hall–Kier alpha value is -1.64. The molecule has 0 aliphatic heterocycles. The second-order valence-electron chi connectivity index (χ2n) is 2.76. The Morgan fingerprint density at radius 1 is 1.31 bits per heavy atom. The first-order valence-electron chi connectivity index (χ1n) is 4.26. The van der Waals surface area contributed by atoms with Gasteiger partial charge in [-0.25, -0.2) is 0 Å². The van der Waals surface area contributed by atoms with Gasteiger partial charge in [0.15, 0.2) is 6.33 Å². The van der Waals surface area contributed by atoms with Crippen molar-refractivity contribution < 1.29 is 4.52 Å². The van der Waals surface area contributed by atoms with Gasteiger partial charge in [-0.3, -0.25) is 0 Å². The highest BCUT2D eigenvalue weighted by atomic mass is 16.5. The van der Waals surface area contributed by atoms with Crippen LogP contribution in [0.4, 0.5) is 0 Å². The third kappa shape index (κ3) is 1.45. The number of hydrogen-bond acceptors (Lipinski definition) is 3. The maximum absolute atomic E-state index is 5.00. The SMILES string of the molecule is CCc1ccccc1-c1ncno1. The zero-order valence-electron chi connectivity index (χ0n) is 7.40. The summed E-state index contributed by atoms with van der Waals surface area (Å²) in [4.78, 5) is 4.02. The molecule has 0 aliphatic rings. The van der Waals surface area contributed by atoms with Gasteiger partial charge in [0.2, 0.25) is 0 Å². The summed E-state index contributed by atoms with van der Waals surface area (Å²) in [6, 6.07) is 8.04. The molecule has 0 fully saturated rings. The first kappa shape index (κ1) is 7.98. The Labute approximate surface area is 76.4 Å². The molecule has 2 rings (SSSR count). The van der Waals surface area contributed by atoms with Crippen molar-refractivity contribution in [2.24, 2.45) is 0 Å². The lowest BCUT2D eigenvalue weighted by atomic mass is 10.1. The second kappa shape index (κ2) is 3.39. The Bertz CT molecular complexity index is 382. The summed E-state index contributed by atoms with van der Waals surface area (Å²) in [7, 11) is 0. The highest BCUT2D eigenvalue weighted by Gasteiger charge is 2.06. The van der Waals surface area contributed by atoms with E-state index < -0.39 is 0 Å². The fourth-order valence-electron chi connectivity index (χ4n) is 1.33. The Morgan fingerprint density at radius 3 is 2.85 bits per heavy atom.